The number of rotatable bonds is 5. The van der Waals surface area contributed by atoms with Crippen LogP contribution in [0.25, 0.3) is 0 Å². The average Bonchev–Trinajstić information content (AvgIpc) is 2.55. The van der Waals surface area contributed by atoms with E-state index in [1.165, 1.54) is 18.2 Å². The highest BCUT2D eigenvalue weighted by Crippen LogP contribution is 2.11. The molecule has 0 heterocycles. The molecule has 0 fully saturated rings. The number of benzene rings is 2. The van der Waals surface area contributed by atoms with Gasteiger partial charge in [0.1, 0.15) is 5.82 Å². The van der Waals surface area contributed by atoms with E-state index in [2.05, 4.69) is 10.6 Å². The zero-order valence-corrected chi connectivity index (χ0v) is 12.3. The molecule has 1 atom stereocenters. The minimum absolute atomic E-state index is 0.0710. The minimum Gasteiger partial charge on any atom is -0.391 e. The Balaban J connectivity index is 1.80. The first kappa shape index (κ1) is 16.6. The normalized spacial score (nSPS) is 11.6. The standard InChI is InChI=1S/C17H17FN2O3/c18-14-8-4-5-9-15(14)20-17(23)16(22)19-11-13(21)10-12-6-2-1-3-7-12/h1-9,13,21H,10-11H2,(H,19,22)(H,20,23). The van der Waals surface area contributed by atoms with Crippen molar-refractivity contribution in [3.8, 4) is 0 Å². The van der Waals surface area contributed by atoms with Gasteiger partial charge in [0, 0.05) is 13.0 Å². The summed E-state index contributed by atoms with van der Waals surface area (Å²) in [4.78, 5) is 23.3. The first-order valence-corrected chi connectivity index (χ1v) is 7.12. The predicted octanol–water partition coefficient (Wildman–Crippen LogP) is 1.48. The van der Waals surface area contributed by atoms with E-state index in [0.29, 0.717) is 6.42 Å². The summed E-state index contributed by atoms with van der Waals surface area (Å²) in [6, 6.07) is 14.8. The van der Waals surface area contributed by atoms with Crippen LogP contribution >= 0.6 is 0 Å². The molecule has 0 saturated carbocycles. The molecule has 0 aliphatic carbocycles. The van der Waals surface area contributed by atoms with Crippen molar-refractivity contribution in [2.75, 3.05) is 11.9 Å². The number of nitrogens with one attached hydrogen (secondary N) is 2. The van der Waals surface area contributed by atoms with Gasteiger partial charge in [-0.25, -0.2) is 4.39 Å². The Morgan fingerprint density at radius 1 is 1.00 bits per heavy atom. The molecule has 5 nitrogen and oxygen atoms in total. The molecule has 0 aliphatic rings. The van der Waals surface area contributed by atoms with Gasteiger partial charge in [0.15, 0.2) is 0 Å². The van der Waals surface area contributed by atoms with Gasteiger partial charge in [0.25, 0.3) is 0 Å². The first-order chi connectivity index (χ1) is 11.1. The molecule has 0 aromatic heterocycles. The third-order valence-corrected chi connectivity index (χ3v) is 3.14. The number of amides is 2. The zero-order chi connectivity index (χ0) is 16.7. The van der Waals surface area contributed by atoms with Crippen LogP contribution in [0.3, 0.4) is 0 Å². The van der Waals surface area contributed by atoms with Gasteiger partial charge >= 0.3 is 11.8 Å². The molecular weight excluding hydrogens is 299 g/mol. The molecule has 0 saturated heterocycles. The molecule has 0 aliphatic heterocycles. The molecular formula is C17H17FN2O3. The van der Waals surface area contributed by atoms with Crippen LogP contribution < -0.4 is 10.6 Å². The van der Waals surface area contributed by atoms with Crippen LogP contribution in [0.2, 0.25) is 0 Å². The summed E-state index contributed by atoms with van der Waals surface area (Å²) >= 11 is 0. The molecule has 2 amide bonds. The fourth-order valence-electron chi connectivity index (χ4n) is 1.99. The zero-order valence-electron chi connectivity index (χ0n) is 12.3. The summed E-state index contributed by atoms with van der Waals surface area (Å²) in [5, 5.41) is 14.4. The first-order valence-electron chi connectivity index (χ1n) is 7.12. The summed E-state index contributed by atoms with van der Waals surface area (Å²) in [6.07, 6.45) is -0.460. The Bertz CT molecular complexity index is 677. The number of carbonyl (C=O) groups excluding carboxylic acids is 2. The van der Waals surface area contributed by atoms with Crippen molar-refractivity contribution in [2.45, 2.75) is 12.5 Å². The maximum atomic E-state index is 13.4. The van der Waals surface area contributed by atoms with Crippen LogP contribution in [0.5, 0.6) is 0 Å². The highest BCUT2D eigenvalue weighted by atomic mass is 19.1. The highest BCUT2D eigenvalue weighted by molar-refractivity contribution is 6.39. The molecule has 6 heteroatoms. The van der Waals surface area contributed by atoms with E-state index < -0.39 is 23.7 Å². The Kier molecular flexibility index (Phi) is 5.82. The Hall–Kier alpha value is -2.73. The number of aliphatic hydroxyl groups excluding tert-OH is 1. The molecule has 3 N–H and O–H groups in total. The van der Waals surface area contributed by atoms with Gasteiger partial charge in [0.05, 0.1) is 11.8 Å². The summed E-state index contributed by atoms with van der Waals surface area (Å²) in [6.45, 7) is -0.0710. The Labute approximate surface area is 133 Å². The fourth-order valence-corrected chi connectivity index (χ4v) is 1.99. The van der Waals surface area contributed by atoms with Crippen LogP contribution in [0.15, 0.2) is 54.6 Å². The molecule has 0 bridgehead atoms. The molecule has 2 rings (SSSR count). The number of halogens is 1. The molecule has 120 valence electrons. The second-order valence-corrected chi connectivity index (χ2v) is 4.99. The van der Waals surface area contributed by atoms with Gasteiger partial charge in [-0.05, 0) is 17.7 Å². The van der Waals surface area contributed by atoms with Gasteiger partial charge in [-0.3, -0.25) is 9.59 Å². The third-order valence-electron chi connectivity index (χ3n) is 3.14. The Morgan fingerprint density at radius 2 is 1.65 bits per heavy atom. The second kappa shape index (κ2) is 8.05. The lowest BCUT2D eigenvalue weighted by Gasteiger charge is -2.12. The van der Waals surface area contributed by atoms with Gasteiger partial charge in [-0.1, -0.05) is 42.5 Å². The van der Waals surface area contributed by atoms with Crippen LogP contribution in [0.4, 0.5) is 10.1 Å². The second-order valence-electron chi connectivity index (χ2n) is 4.99. The van der Waals surface area contributed by atoms with E-state index in [4.69, 9.17) is 0 Å². The van der Waals surface area contributed by atoms with Crippen molar-refractivity contribution in [1.29, 1.82) is 0 Å². The number of aliphatic hydroxyl groups is 1. The van der Waals surface area contributed by atoms with E-state index in [-0.39, 0.29) is 12.2 Å². The summed E-state index contributed by atoms with van der Waals surface area (Å²) in [5.74, 6) is -2.54. The Morgan fingerprint density at radius 3 is 2.35 bits per heavy atom. The molecule has 1 unspecified atom stereocenters. The van der Waals surface area contributed by atoms with Gasteiger partial charge in [-0.15, -0.1) is 0 Å². The number of hydrogen-bond acceptors (Lipinski definition) is 3. The monoisotopic (exact) mass is 316 g/mol. The maximum Gasteiger partial charge on any atom is 0.313 e. The van der Waals surface area contributed by atoms with Crippen molar-refractivity contribution >= 4 is 17.5 Å². The summed E-state index contributed by atoms with van der Waals surface area (Å²) in [7, 11) is 0. The lowest BCUT2D eigenvalue weighted by atomic mass is 10.1. The van der Waals surface area contributed by atoms with Crippen LogP contribution in [0, 0.1) is 5.82 Å². The van der Waals surface area contributed by atoms with Crippen molar-refractivity contribution in [3.05, 3.63) is 66.0 Å². The van der Waals surface area contributed by atoms with Crippen LogP contribution in [0.1, 0.15) is 5.56 Å². The summed E-state index contributed by atoms with van der Waals surface area (Å²) < 4.78 is 13.4. The molecule has 0 spiro atoms. The van der Waals surface area contributed by atoms with Gasteiger partial charge in [0.2, 0.25) is 0 Å². The van der Waals surface area contributed by atoms with Crippen molar-refractivity contribution < 1.29 is 19.1 Å². The topological polar surface area (TPSA) is 78.4 Å². The molecule has 0 radical (unpaired) electrons. The van der Waals surface area contributed by atoms with Crippen molar-refractivity contribution in [1.82, 2.24) is 5.32 Å². The molecule has 23 heavy (non-hydrogen) atoms. The van der Waals surface area contributed by atoms with E-state index in [9.17, 15) is 19.1 Å². The fraction of sp³-hybridized carbons (Fsp3) is 0.176. The lowest BCUT2D eigenvalue weighted by molar-refractivity contribution is -0.136. The number of carbonyl (C=O) groups is 2. The maximum absolute atomic E-state index is 13.4. The number of anilines is 1. The lowest BCUT2D eigenvalue weighted by Crippen LogP contribution is -2.40. The third kappa shape index (κ3) is 5.19. The highest BCUT2D eigenvalue weighted by Gasteiger charge is 2.16. The van der Waals surface area contributed by atoms with E-state index in [1.807, 2.05) is 30.3 Å². The van der Waals surface area contributed by atoms with E-state index in [1.54, 1.807) is 6.07 Å². The quantitative estimate of drug-likeness (QED) is 0.731. The molecule has 2 aromatic carbocycles. The van der Waals surface area contributed by atoms with E-state index in [0.717, 1.165) is 5.56 Å². The number of para-hydroxylation sites is 1. The molecule has 2 aromatic rings. The van der Waals surface area contributed by atoms with Crippen LogP contribution in [-0.2, 0) is 16.0 Å². The van der Waals surface area contributed by atoms with E-state index >= 15 is 0 Å². The SMILES string of the molecule is O=C(NCC(O)Cc1ccccc1)C(=O)Nc1ccccc1F. The van der Waals surface area contributed by atoms with Crippen LogP contribution in [-0.4, -0.2) is 29.6 Å². The average molecular weight is 316 g/mol. The van der Waals surface area contributed by atoms with Gasteiger partial charge < -0.3 is 15.7 Å². The smallest absolute Gasteiger partial charge is 0.313 e. The van der Waals surface area contributed by atoms with Crippen molar-refractivity contribution in [3.63, 3.8) is 0 Å². The predicted molar refractivity (Wildman–Crippen MR) is 84.2 cm³/mol. The van der Waals surface area contributed by atoms with Crippen molar-refractivity contribution in [2.24, 2.45) is 0 Å². The summed E-state index contributed by atoms with van der Waals surface area (Å²) in [5.41, 5.74) is 0.850. The minimum atomic E-state index is -0.984. The number of hydrogen-bond donors (Lipinski definition) is 3. The largest absolute Gasteiger partial charge is 0.391 e. The van der Waals surface area contributed by atoms with Gasteiger partial charge in [-0.2, -0.15) is 0 Å².